The van der Waals surface area contributed by atoms with Crippen LogP contribution >= 0.6 is 0 Å². The summed E-state index contributed by atoms with van der Waals surface area (Å²) < 4.78 is 9.49. The van der Waals surface area contributed by atoms with Crippen molar-refractivity contribution in [1.29, 1.82) is 0 Å². The number of esters is 1. The molecule has 0 aromatic carbocycles. The van der Waals surface area contributed by atoms with Crippen molar-refractivity contribution in [2.24, 2.45) is 0 Å². The van der Waals surface area contributed by atoms with Gasteiger partial charge in [-0.1, -0.05) is 0 Å². The number of aliphatic carboxylic acids is 1. The molecule has 1 atom stereocenters. The quantitative estimate of drug-likeness (QED) is 0.737. The van der Waals surface area contributed by atoms with E-state index in [-0.39, 0.29) is 18.6 Å². The molecule has 0 saturated heterocycles. The standard InChI is InChI=1S/C12H15NO6/c1-7-3-5-9(19-7)11(15)13-8(12(16)17)4-6-10(14)18-2/h3,5,8H,4,6H2,1-2H3,(H,13,15)(H,16,17). The van der Waals surface area contributed by atoms with E-state index in [1.807, 2.05) is 0 Å². The summed E-state index contributed by atoms with van der Waals surface area (Å²) in [5.74, 6) is -1.81. The highest BCUT2D eigenvalue weighted by atomic mass is 16.5. The molecule has 1 amide bonds. The Labute approximate surface area is 109 Å². The molecule has 0 aliphatic heterocycles. The fraction of sp³-hybridized carbons (Fsp3) is 0.417. The normalized spacial score (nSPS) is 11.7. The Morgan fingerprint density at radius 3 is 2.58 bits per heavy atom. The number of rotatable bonds is 6. The van der Waals surface area contributed by atoms with Gasteiger partial charge in [-0.05, 0) is 25.5 Å². The zero-order valence-electron chi connectivity index (χ0n) is 10.6. The third-order valence-corrected chi connectivity index (χ3v) is 2.43. The number of hydrogen-bond donors (Lipinski definition) is 2. The van der Waals surface area contributed by atoms with Gasteiger partial charge in [0.15, 0.2) is 5.76 Å². The highest BCUT2D eigenvalue weighted by Gasteiger charge is 2.23. The molecule has 0 radical (unpaired) electrons. The monoisotopic (exact) mass is 269 g/mol. The summed E-state index contributed by atoms with van der Waals surface area (Å²) in [7, 11) is 1.21. The third-order valence-electron chi connectivity index (χ3n) is 2.43. The minimum atomic E-state index is -1.22. The van der Waals surface area contributed by atoms with Crippen LogP contribution in [0.15, 0.2) is 16.5 Å². The number of hydrogen-bond acceptors (Lipinski definition) is 5. The summed E-state index contributed by atoms with van der Waals surface area (Å²) in [4.78, 5) is 33.6. The van der Waals surface area contributed by atoms with Crippen molar-refractivity contribution in [2.75, 3.05) is 7.11 Å². The molecule has 7 heteroatoms. The fourth-order valence-corrected chi connectivity index (χ4v) is 1.41. The lowest BCUT2D eigenvalue weighted by molar-refractivity contribution is -0.142. The Kier molecular flexibility index (Phi) is 5.11. The van der Waals surface area contributed by atoms with E-state index in [0.717, 1.165) is 0 Å². The predicted octanol–water partition coefficient (Wildman–Crippen LogP) is 0.724. The summed E-state index contributed by atoms with van der Waals surface area (Å²) in [6.45, 7) is 1.67. The predicted molar refractivity (Wildman–Crippen MR) is 63.6 cm³/mol. The first-order valence-corrected chi connectivity index (χ1v) is 5.61. The third kappa shape index (κ3) is 4.46. The molecule has 0 aliphatic rings. The van der Waals surface area contributed by atoms with E-state index in [0.29, 0.717) is 5.76 Å². The molecule has 1 aromatic rings. The molecule has 19 heavy (non-hydrogen) atoms. The van der Waals surface area contributed by atoms with Crippen molar-refractivity contribution < 1.29 is 28.6 Å². The Balaban J connectivity index is 2.61. The summed E-state index contributed by atoms with van der Waals surface area (Å²) >= 11 is 0. The van der Waals surface area contributed by atoms with Gasteiger partial charge >= 0.3 is 11.9 Å². The van der Waals surface area contributed by atoms with Crippen LogP contribution in [0, 0.1) is 6.92 Å². The molecular weight excluding hydrogens is 254 g/mol. The van der Waals surface area contributed by atoms with E-state index >= 15 is 0 Å². The van der Waals surface area contributed by atoms with Crippen LogP contribution in [-0.4, -0.2) is 36.1 Å². The van der Waals surface area contributed by atoms with E-state index in [9.17, 15) is 14.4 Å². The van der Waals surface area contributed by atoms with Crippen molar-refractivity contribution in [2.45, 2.75) is 25.8 Å². The minimum absolute atomic E-state index is 0.0295. The van der Waals surface area contributed by atoms with Gasteiger partial charge in [-0.3, -0.25) is 9.59 Å². The molecule has 2 N–H and O–H groups in total. The fourth-order valence-electron chi connectivity index (χ4n) is 1.41. The average molecular weight is 269 g/mol. The number of methoxy groups -OCH3 is 1. The average Bonchev–Trinajstić information content (AvgIpc) is 2.80. The van der Waals surface area contributed by atoms with Crippen molar-refractivity contribution in [3.05, 3.63) is 23.7 Å². The van der Waals surface area contributed by atoms with Crippen LogP contribution < -0.4 is 5.32 Å². The van der Waals surface area contributed by atoms with Gasteiger partial charge in [0.2, 0.25) is 0 Å². The number of ether oxygens (including phenoxy) is 1. The maximum atomic E-state index is 11.7. The van der Waals surface area contributed by atoms with E-state index in [4.69, 9.17) is 9.52 Å². The number of carbonyl (C=O) groups excluding carboxylic acids is 2. The van der Waals surface area contributed by atoms with Crippen LogP contribution in [0.25, 0.3) is 0 Å². The molecule has 0 saturated carbocycles. The van der Waals surface area contributed by atoms with Gasteiger partial charge in [0.05, 0.1) is 7.11 Å². The SMILES string of the molecule is COC(=O)CCC(NC(=O)c1ccc(C)o1)C(=O)O. The number of amides is 1. The second-order valence-corrected chi connectivity index (χ2v) is 3.89. The van der Waals surface area contributed by atoms with Gasteiger partial charge in [0, 0.05) is 6.42 Å². The van der Waals surface area contributed by atoms with Crippen molar-refractivity contribution in [1.82, 2.24) is 5.32 Å². The smallest absolute Gasteiger partial charge is 0.326 e. The Morgan fingerprint density at radius 2 is 2.11 bits per heavy atom. The van der Waals surface area contributed by atoms with E-state index in [2.05, 4.69) is 10.1 Å². The first kappa shape index (κ1) is 14.7. The van der Waals surface area contributed by atoms with Gasteiger partial charge in [-0.15, -0.1) is 0 Å². The van der Waals surface area contributed by atoms with Crippen molar-refractivity contribution in [3.63, 3.8) is 0 Å². The maximum Gasteiger partial charge on any atom is 0.326 e. The second-order valence-electron chi connectivity index (χ2n) is 3.89. The van der Waals surface area contributed by atoms with E-state index in [1.54, 1.807) is 13.0 Å². The van der Waals surface area contributed by atoms with Gasteiger partial charge in [-0.2, -0.15) is 0 Å². The van der Waals surface area contributed by atoms with Crippen LogP contribution in [0.5, 0.6) is 0 Å². The second kappa shape index (κ2) is 6.58. The summed E-state index contributed by atoms with van der Waals surface area (Å²) in [5, 5.41) is 11.2. The lowest BCUT2D eigenvalue weighted by atomic mass is 10.1. The lowest BCUT2D eigenvalue weighted by Gasteiger charge is -2.12. The first-order valence-electron chi connectivity index (χ1n) is 5.61. The summed E-state index contributed by atoms with van der Waals surface area (Å²) in [6.07, 6.45) is -0.141. The van der Waals surface area contributed by atoms with Gasteiger partial charge in [-0.25, -0.2) is 4.79 Å². The van der Waals surface area contributed by atoms with Crippen LogP contribution in [0.2, 0.25) is 0 Å². The van der Waals surface area contributed by atoms with E-state index in [1.165, 1.54) is 13.2 Å². The number of aryl methyl sites for hydroxylation is 1. The zero-order chi connectivity index (χ0) is 14.4. The van der Waals surface area contributed by atoms with Gasteiger partial charge in [0.1, 0.15) is 11.8 Å². The van der Waals surface area contributed by atoms with Crippen LogP contribution in [0.4, 0.5) is 0 Å². The molecule has 104 valence electrons. The maximum absolute atomic E-state index is 11.7. The first-order chi connectivity index (χ1) is 8.93. The molecular formula is C12H15NO6. The molecule has 1 unspecified atom stereocenters. The highest BCUT2D eigenvalue weighted by molar-refractivity contribution is 5.94. The Bertz CT molecular complexity index is 478. The molecule has 0 spiro atoms. The van der Waals surface area contributed by atoms with Crippen LogP contribution in [-0.2, 0) is 14.3 Å². The lowest BCUT2D eigenvalue weighted by Crippen LogP contribution is -2.41. The molecule has 0 aliphatic carbocycles. The van der Waals surface area contributed by atoms with Crippen LogP contribution in [0.3, 0.4) is 0 Å². The molecule has 1 rings (SSSR count). The zero-order valence-corrected chi connectivity index (χ0v) is 10.6. The number of carbonyl (C=O) groups is 3. The highest BCUT2D eigenvalue weighted by Crippen LogP contribution is 2.07. The Morgan fingerprint density at radius 1 is 1.42 bits per heavy atom. The van der Waals surface area contributed by atoms with Crippen molar-refractivity contribution >= 4 is 17.8 Å². The number of carboxylic acids is 1. The topological polar surface area (TPSA) is 106 Å². The number of carboxylic acid groups (broad SMARTS) is 1. The van der Waals surface area contributed by atoms with Gasteiger partial charge in [0.25, 0.3) is 5.91 Å². The van der Waals surface area contributed by atoms with Gasteiger partial charge < -0.3 is 19.6 Å². The summed E-state index contributed by atoms with van der Waals surface area (Å²) in [5.41, 5.74) is 0. The number of furan rings is 1. The Hall–Kier alpha value is -2.31. The summed E-state index contributed by atoms with van der Waals surface area (Å²) in [6, 6.07) is 1.88. The molecule has 7 nitrogen and oxygen atoms in total. The molecule has 1 heterocycles. The molecule has 1 aromatic heterocycles. The van der Waals surface area contributed by atoms with Crippen molar-refractivity contribution in [3.8, 4) is 0 Å². The largest absolute Gasteiger partial charge is 0.480 e. The molecule has 0 fully saturated rings. The van der Waals surface area contributed by atoms with Crippen LogP contribution in [0.1, 0.15) is 29.2 Å². The number of nitrogens with one attached hydrogen (secondary N) is 1. The van der Waals surface area contributed by atoms with E-state index < -0.39 is 23.9 Å². The minimum Gasteiger partial charge on any atom is -0.480 e. The molecule has 0 bridgehead atoms.